The zero-order chi connectivity index (χ0) is 21.1. The smallest absolute Gasteiger partial charge is 0.0619 e. The van der Waals surface area contributed by atoms with E-state index < -0.39 is 0 Å². The molecule has 0 aliphatic rings. The van der Waals surface area contributed by atoms with Gasteiger partial charge in [-0.15, -0.1) is 0 Å². The van der Waals surface area contributed by atoms with E-state index in [1.165, 1.54) is 60.4 Å². The molecule has 2 heterocycles. The van der Waals surface area contributed by atoms with E-state index in [0.717, 1.165) is 0 Å². The summed E-state index contributed by atoms with van der Waals surface area (Å²) in [4.78, 5) is 3.60. The number of benzene rings is 5. The SMILES string of the molecule is c1ccc(-n2c3ccccc3c3cccc(-c4ccc5c(c4)[nH]c4ccccc45)c32)cc1. The summed E-state index contributed by atoms with van der Waals surface area (Å²) in [5.41, 5.74) is 8.46. The number of hydrogen-bond acceptors (Lipinski definition) is 0. The standard InChI is InChI=1S/C30H20N2/c1-2-9-21(10-3-1)32-29-16-7-5-12-25(29)26-14-8-13-22(30(26)32)20-17-18-24-23-11-4-6-15-27(23)31-28(24)19-20/h1-19,31H. The molecule has 1 N–H and O–H groups in total. The Morgan fingerprint density at radius 2 is 1.22 bits per heavy atom. The number of nitrogens with one attached hydrogen (secondary N) is 1. The largest absolute Gasteiger partial charge is 0.354 e. The van der Waals surface area contributed by atoms with Crippen molar-refractivity contribution in [2.45, 2.75) is 0 Å². The summed E-state index contributed by atoms with van der Waals surface area (Å²) in [6.45, 7) is 0. The molecule has 2 heteroatoms. The first-order valence-corrected chi connectivity index (χ1v) is 11.0. The topological polar surface area (TPSA) is 20.7 Å². The Morgan fingerprint density at radius 3 is 2.12 bits per heavy atom. The quantitative estimate of drug-likeness (QED) is 0.298. The third kappa shape index (κ3) is 2.41. The van der Waals surface area contributed by atoms with E-state index in [4.69, 9.17) is 0 Å². The van der Waals surface area contributed by atoms with Crippen molar-refractivity contribution in [3.8, 4) is 16.8 Å². The van der Waals surface area contributed by atoms with E-state index in [0.29, 0.717) is 0 Å². The highest BCUT2D eigenvalue weighted by Crippen LogP contribution is 2.39. The lowest BCUT2D eigenvalue weighted by atomic mass is 10.0. The molecule has 0 saturated carbocycles. The molecule has 7 rings (SSSR count). The fourth-order valence-corrected chi connectivity index (χ4v) is 5.12. The van der Waals surface area contributed by atoms with Crippen molar-refractivity contribution in [1.82, 2.24) is 9.55 Å². The van der Waals surface area contributed by atoms with Gasteiger partial charge in [-0.2, -0.15) is 0 Å². The monoisotopic (exact) mass is 408 g/mol. The van der Waals surface area contributed by atoms with Crippen LogP contribution in [0, 0.1) is 0 Å². The summed E-state index contributed by atoms with van der Waals surface area (Å²) in [6.07, 6.45) is 0. The Labute approximate surface area is 185 Å². The maximum atomic E-state index is 3.60. The molecular weight excluding hydrogens is 388 g/mol. The Kier molecular flexibility index (Phi) is 3.58. The average Bonchev–Trinajstić information content (AvgIpc) is 3.40. The first-order valence-electron chi connectivity index (χ1n) is 11.0. The van der Waals surface area contributed by atoms with E-state index in [1.807, 2.05) is 0 Å². The summed E-state index contributed by atoms with van der Waals surface area (Å²) in [5.74, 6) is 0. The third-order valence-electron chi connectivity index (χ3n) is 6.53. The van der Waals surface area contributed by atoms with Crippen LogP contribution >= 0.6 is 0 Å². The Morgan fingerprint density at radius 1 is 0.500 bits per heavy atom. The number of nitrogens with zero attached hydrogens (tertiary/aromatic N) is 1. The van der Waals surface area contributed by atoms with Crippen LogP contribution in [0.4, 0.5) is 0 Å². The molecule has 2 nitrogen and oxygen atoms in total. The molecule has 0 fully saturated rings. The van der Waals surface area contributed by atoms with E-state index in [1.54, 1.807) is 0 Å². The van der Waals surface area contributed by atoms with Crippen molar-refractivity contribution in [2.75, 3.05) is 0 Å². The molecule has 0 saturated heterocycles. The minimum Gasteiger partial charge on any atom is -0.354 e. The highest BCUT2D eigenvalue weighted by Gasteiger charge is 2.16. The maximum absolute atomic E-state index is 3.60. The molecule has 0 bridgehead atoms. The van der Waals surface area contributed by atoms with Crippen LogP contribution in [0.25, 0.3) is 60.4 Å². The molecule has 0 atom stereocenters. The van der Waals surface area contributed by atoms with Crippen molar-refractivity contribution < 1.29 is 0 Å². The normalized spacial score (nSPS) is 11.8. The number of para-hydroxylation sites is 4. The fourth-order valence-electron chi connectivity index (χ4n) is 5.12. The van der Waals surface area contributed by atoms with Crippen LogP contribution in [0.1, 0.15) is 0 Å². The van der Waals surface area contributed by atoms with Gasteiger partial charge >= 0.3 is 0 Å². The van der Waals surface area contributed by atoms with Crippen molar-refractivity contribution in [3.63, 3.8) is 0 Å². The molecule has 7 aromatic rings. The van der Waals surface area contributed by atoms with E-state index in [9.17, 15) is 0 Å². The average molecular weight is 409 g/mol. The lowest BCUT2D eigenvalue weighted by molar-refractivity contribution is 1.18. The Bertz CT molecular complexity index is 1770. The van der Waals surface area contributed by atoms with Gasteiger partial charge < -0.3 is 9.55 Å². The van der Waals surface area contributed by atoms with Gasteiger partial charge in [0.1, 0.15) is 0 Å². The molecule has 0 aliphatic heterocycles. The van der Waals surface area contributed by atoms with Gasteiger partial charge in [-0.3, -0.25) is 0 Å². The minimum absolute atomic E-state index is 1.17. The molecule has 150 valence electrons. The zero-order valence-corrected chi connectivity index (χ0v) is 17.4. The van der Waals surface area contributed by atoms with Crippen LogP contribution in [0.2, 0.25) is 0 Å². The van der Waals surface area contributed by atoms with Crippen molar-refractivity contribution in [1.29, 1.82) is 0 Å². The van der Waals surface area contributed by atoms with Gasteiger partial charge in [-0.05, 0) is 35.9 Å². The number of rotatable bonds is 2. The Balaban J connectivity index is 1.59. The molecular formula is C30H20N2. The molecule has 0 aliphatic carbocycles. The number of H-pyrrole nitrogens is 1. The number of hydrogen-bond donors (Lipinski definition) is 1. The highest BCUT2D eigenvalue weighted by atomic mass is 15.0. The zero-order valence-electron chi connectivity index (χ0n) is 17.4. The molecule has 2 aromatic heterocycles. The molecule has 0 unspecified atom stereocenters. The summed E-state index contributed by atoms with van der Waals surface area (Å²) < 4.78 is 2.40. The predicted octanol–water partition coefficient (Wildman–Crippen LogP) is 8.09. The lowest BCUT2D eigenvalue weighted by Gasteiger charge is -2.11. The minimum atomic E-state index is 1.17. The predicted molar refractivity (Wildman–Crippen MR) is 136 cm³/mol. The second-order valence-electron chi connectivity index (χ2n) is 8.32. The Hall–Kier alpha value is -4.30. The highest BCUT2D eigenvalue weighted by molar-refractivity contribution is 6.15. The van der Waals surface area contributed by atoms with Gasteiger partial charge in [-0.25, -0.2) is 0 Å². The number of aromatic nitrogens is 2. The van der Waals surface area contributed by atoms with Gasteiger partial charge in [0.2, 0.25) is 0 Å². The van der Waals surface area contributed by atoms with Crippen molar-refractivity contribution in [3.05, 3.63) is 115 Å². The van der Waals surface area contributed by atoms with E-state index >= 15 is 0 Å². The van der Waals surface area contributed by atoms with E-state index in [-0.39, 0.29) is 0 Å². The van der Waals surface area contributed by atoms with Crippen molar-refractivity contribution >= 4 is 43.6 Å². The maximum Gasteiger partial charge on any atom is 0.0619 e. The second kappa shape index (κ2) is 6.60. The number of aromatic amines is 1. The van der Waals surface area contributed by atoms with Crippen LogP contribution in [-0.4, -0.2) is 9.55 Å². The van der Waals surface area contributed by atoms with Crippen molar-refractivity contribution in [2.24, 2.45) is 0 Å². The van der Waals surface area contributed by atoms with Crippen LogP contribution in [0.5, 0.6) is 0 Å². The first kappa shape index (κ1) is 17.4. The summed E-state index contributed by atoms with van der Waals surface area (Å²) in [5, 5.41) is 5.09. The van der Waals surface area contributed by atoms with Crippen LogP contribution < -0.4 is 0 Å². The number of fused-ring (bicyclic) bond motifs is 6. The van der Waals surface area contributed by atoms with Gasteiger partial charge in [0, 0.05) is 43.8 Å². The van der Waals surface area contributed by atoms with Gasteiger partial charge in [0.05, 0.1) is 11.0 Å². The molecule has 0 amide bonds. The van der Waals surface area contributed by atoms with Gasteiger partial charge in [-0.1, -0.05) is 84.9 Å². The summed E-state index contributed by atoms with van der Waals surface area (Å²) in [7, 11) is 0. The summed E-state index contributed by atoms with van der Waals surface area (Å²) in [6, 6.07) is 41.3. The molecule has 32 heavy (non-hydrogen) atoms. The van der Waals surface area contributed by atoms with Gasteiger partial charge in [0.15, 0.2) is 0 Å². The second-order valence-corrected chi connectivity index (χ2v) is 8.32. The van der Waals surface area contributed by atoms with Crippen LogP contribution in [-0.2, 0) is 0 Å². The molecule has 5 aromatic carbocycles. The fraction of sp³-hybridized carbons (Fsp3) is 0. The lowest BCUT2D eigenvalue weighted by Crippen LogP contribution is -1.95. The van der Waals surface area contributed by atoms with Crippen LogP contribution in [0.3, 0.4) is 0 Å². The summed E-state index contributed by atoms with van der Waals surface area (Å²) >= 11 is 0. The van der Waals surface area contributed by atoms with Crippen LogP contribution in [0.15, 0.2) is 115 Å². The third-order valence-corrected chi connectivity index (χ3v) is 6.53. The van der Waals surface area contributed by atoms with E-state index in [2.05, 4.69) is 125 Å². The molecule has 0 spiro atoms. The first-order chi connectivity index (χ1) is 15.9. The van der Waals surface area contributed by atoms with Gasteiger partial charge in [0.25, 0.3) is 0 Å². The molecule has 0 radical (unpaired) electrons.